The van der Waals surface area contributed by atoms with Crippen molar-refractivity contribution in [2.45, 2.75) is 13.3 Å². The first kappa shape index (κ1) is 9.42. The molecular weight excluding hydrogens is 75.0 g/mol. The molecule has 0 spiro atoms. The van der Waals surface area contributed by atoms with Crippen LogP contribution in [0.15, 0.2) is 0 Å². The van der Waals surface area contributed by atoms with Crippen molar-refractivity contribution in [2.24, 2.45) is 0 Å². The fraction of sp³-hybridized carbons (Fsp3) is 0.667. The molecular formula is C3H7LiO2. The predicted octanol–water partition coefficient (Wildman–Crippen LogP) is -2.40. The average molecular weight is 82.0 g/mol. The molecule has 1 N–H and O–H groups in total. The summed E-state index contributed by atoms with van der Waals surface area (Å²) in [5.41, 5.74) is 0. The second-order valence-corrected chi connectivity index (χ2v) is 0.747. The maximum absolute atomic E-state index is 9.37. The molecule has 0 saturated carbocycles. The molecule has 0 aromatic heterocycles. The first-order valence-corrected chi connectivity index (χ1v) is 1.49. The van der Waals surface area contributed by atoms with Crippen LogP contribution >= 0.6 is 0 Å². The maximum Gasteiger partial charge on any atom is 1.00 e. The van der Waals surface area contributed by atoms with Crippen molar-refractivity contribution in [1.82, 2.24) is 0 Å². The molecule has 0 aliphatic heterocycles. The Morgan fingerprint density at radius 1 is 2.00 bits per heavy atom. The molecule has 0 radical (unpaired) electrons. The summed E-state index contributed by atoms with van der Waals surface area (Å²) < 4.78 is 0. The molecule has 0 unspecified atom stereocenters. The Kier molecular flexibility index (Phi) is 7.95. The fourth-order valence-electron chi connectivity index (χ4n) is 0. The molecule has 0 atom stereocenters. The number of carbonyl (C=O) groups is 1. The van der Waals surface area contributed by atoms with Gasteiger partial charge >= 0.3 is 24.8 Å². The second kappa shape index (κ2) is 5.07. The zero-order valence-corrected chi connectivity index (χ0v) is 4.06. The van der Waals surface area contributed by atoms with Crippen molar-refractivity contribution in [2.75, 3.05) is 0 Å². The molecule has 0 rings (SSSR count). The van der Waals surface area contributed by atoms with E-state index in [-0.39, 0.29) is 26.7 Å². The minimum Gasteiger partial charge on any atom is -1.00 e. The van der Waals surface area contributed by atoms with Gasteiger partial charge in [-0.3, -0.25) is 4.79 Å². The summed E-state index contributed by atoms with van der Waals surface area (Å²) in [6.45, 7) is 1.60. The Balaban J connectivity index is -0.0000000800. The van der Waals surface area contributed by atoms with Gasteiger partial charge in [0.1, 0.15) is 0 Å². The third kappa shape index (κ3) is 8.95. The van der Waals surface area contributed by atoms with Gasteiger partial charge in [0.2, 0.25) is 0 Å². The Hall–Kier alpha value is 0.0674. The number of rotatable bonds is 1. The normalized spacial score (nSPS) is 6.17. The third-order valence-electron chi connectivity index (χ3n) is 0.302. The van der Waals surface area contributed by atoms with E-state index in [1.807, 2.05) is 0 Å². The summed E-state index contributed by atoms with van der Waals surface area (Å²) in [5, 5.41) is 7.72. The van der Waals surface area contributed by atoms with E-state index in [4.69, 9.17) is 5.11 Å². The van der Waals surface area contributed by atoms with Crippen molar-refractivity contribution in [1.29, 1.82) is 0 Å². The minimum atomic E-state index is -0.745. The molecule has 0 fully saturated rings. The molecule has 0 bridgehead atoms. The van der Waals surface area contributed by atoms with Crippen LogP contribution in [0.3, 0.4) is 0 Å². The van der Waals surface area contributed by atoms with E-state index in [2.05, 4.69) is 0 Å². The summed E-state index contributed by atoms with van der Waals surface area (Å²) in [6, 6.07) is 0. The molecule has 0 aliphatic carbocycles. The van der Waals surface area contributed by atoms with Crippen LogP contribution in [0.4, 0.5) is 0 Å². The van der Waals surface area contributed by atoms with E-state index >= 15 is 0 Å². The Labute approximate surface area is 50.2 Å². The third-order valence-corrected chi connectivity index (χ3v) is 0.302. The van der Waals surface area contributed by atoms with Gasteiger partial charge in [-0.15, -0.1) is 0 Å². The van der Waals surface area contributed by atoms with Crippen molar-refractivity contribution in [3.8, 4) is 0 Å². The van der Waals surface area contributed by atoms with Gasteiger partial charge in [0.05, 0.1) is 0 Å². The quantitative estimate of drug-likeness (QED) is 0.358. The van der Waals surface area contributed by atoms with Gasteiger partial charge < -0.3 is 6.53 Å². The van der Waals surface area contributed by atoms with Crippen LogP contribution in [0.2, 0.25) is 0 Å². The van der Waals surface area contributed by atoms with Crippen LogP contribution in [-0.2, 0) is 4.79 Å². The molecule has 0 heterocycles. The van der Waals surface area contributed by atoms with Crippen LogP contribution in [0.5, 0.6) is 0 Å². The standard InChI is InChI=1S/C3H6O2.Li.H/c1-2-3(4)5;;/h2H2,1H3,(H,4,5);;/q;+1;-1. The summed E-state index contributed by atoms with van der Waals surface area (Å²) in [5.74, 6) is -0.745. The smallest absolute Gasteiger partial charge is 1.00 e. The average Bonchev–Trinajstić information content (AvgIpc) is 1.38. The van der Waals surface area contributed by atoms with Gasteiger partial charge in [-0.1, -0.05) is 6.92 Å². The van der Waals surface area contributed by atoms with Crippen LogP contribution in [0.1, 0.15) is 14.8 Å². The fourth-order valence-corrected chi connectivity index (χ4v) is 0. The zero-order valence-electron chi connectivity index (χ0n) is 5.06. The van der Waals surface area contributed by atoms with E-state index in [0.717, 1.165) is 0 Å². The number of aliphatic carboxylic acids is 1. The first-order chi connectivity index (χ1) is 2.27. The van der Waals surface area contributed by atoms with Crippen molar-refractivity contribution in [3.05, 3.63) is 0 Å². The Morgan fingerprint density at radius 3 is 2.17 bits per heavy atom. The molecule has 0 saturated heterocycles. The van der Waals surface area contributed by atoms with Gasteiger partial charge in [-0.25, -0.2) is 0 Å². The summed E-state index contributed by atoms with van der Waals surface area (Å²) in [4.78, 5) is 9.37. The topological polar surface area (TPSA) is 37.3 Å². The largest absolute Gasteiger partial charge is 1.00 e. The summed E-state index contributed by atoms with van der Waals surface area (Å²) >= 11 is 0. The Bertz CT molecular complexity index is 48.2. The number of carboxylic acid groups (broad SMARTS) is 1. The van der Waals surface area contributed by atoms with Gasteiger partial charge in [-0.2, -0.15) is 0 Å². The van der Waals surface area contributed by atoms with E-state index in [1.165, 1.54) is 0 Å². The molecule has 0 aromatic carbocycles. The van der Waals surface area contributed by atoms with Crippen LogP contribution < -0.4 is 18.9 Å². The van der Waals surface area contributed by atoms with Gasteiger partial charge in [0.15, 0.2) is 0 Å². The number of hydrogen-bond acceptors (Lipinski definition) is 1. The predicted molar refractivity (Wildman–Crippen MR) is 19.0 cm³/mol. The molecule has 32 valence electrons. The van der Waals surface area contributed by atoms with Crippen molar-refractivity contribution >= 4 is 5.97 Å². The first-order valence-electron chi connectivity index (χ1n) is 1.49. The van der Waals surface area contributed by atoms with E-state index in [0.29, 0.717) is 0 Å². The van der Waals surface area contributed by atoms with Crippen LogP contribution in [0.25, 0.3) is 0 Å². The monoisotopic (exact) mass is 82.1 g/mol. The molecule has 3 heteroatoms. The van der Waals surface area contributed by atoms with Crippen LogP contribution in [-0.4, -0.2) is 11.1 Å². The number of carboxylic acids is 1. The molecule has 6 heavy (non-hydrogen) atoms. The maximum atomic E-state index is 9.37. The molecule has 0 aromatic rings. The Morgan fingerprint density at radius 2 is 2.17 bits per heavy atom. The second-order valence-electron chi connectivity index (χ2n) is 0.747. The molecule has 0 aliphatic rings. The van der Waals surface area contributed by atoms with Gasteiger partial charge in [-0.05, 0) is 0 Å². The SMILES string of the molecule is CCC(=O)O.[H-].[Li+]. The van der Waals surface area contributed by atoms with Crippen molar-refractivity contribution < 1.29 is 30.2 Å². The van der Waals surface area contributed by atoms with E-state index in [1.54, 1.807) is 6.92 Å². The summed E-state index contributed by atoms with van der Waals surface area (Å²) in [6.07, 6.45) is 0.222. The zero-order chi connectivity index (χ0) is 4.28. The van der Waals surface area contributed by atoms with Crippen molar-refractivity contribution in [3.63, 3.8) is 0 Å². The minimum absolute atomic E-state index is 0. The molecule has 2 nitrogen and oxygen atoms in total. The van der Waals surface area contributed by atoms with E-state index in [9.17, 15) is 4.79 Å². The molecule has 0 amide bonds. The van der Waals surface area contributed by atoms with E-state index < -0.39 is 5.97 Å². The van der Waals surface area contributed by atoms with Gasteiger partial charge in [0, 0.05) is 6.42 Å². The number of hydrogen-bond donors (Lipinski definition) is 1. The van der Waals surface area contributed by atoms with Crippen LogP contribution in [0, 0.1) is 0 Å². The summed E-state index contributed by atoms with van der Waals surface area (Å²) in [7, 11) is 0. The van der Waals surface area contributed by atoms with Gasteiger partial charge in [0.25, 0.3) is 0 Å².